The third-order valence-corrected chi connectivity index (χ3v) is 8.94. The number of anilines is 2. The van der Waals surface area contributed by atoms with Gasteiger partial charge < -0.3 is 19.3 Å². The monoisotopic (exact) mass is 633 g/mol. The number of carbonyl (C=O) groups excluding carboxylic acids is 1. The molecular weight excluding hydrogens is 586 g/mol. The van der Waals surface area contributed by atoms with Gasteiger partial charge in [-0.3, -0.25) is 4.98 Å². The Labute approximate surface area is 273 Å². The SMILES string of the molecule is Cc1nc(C)c([C@H](OC(C)(C)C)C(=O)OC(C)C)c(N2CCC(C)(C)CC2)c1-c1ccc2c(c1)CCN(c1ccnc(Cl)n1)C2. The molecule has 0 spiro atoms. The molecule has 2 aromatic heterocycles. The molecule has 2 aliphatic rings. The number of esters is 1. The first-order valence-corrected chi connectivity index (χ1v) is 16.5. The number of ether oxygens (including phenoxy) is 2. The molecule has 4 heterocycles. The lowest BCUT2D eigenvalue weighted by molar-refractivity contribution is -0.171. The predicted octanol–water partition coefficient (Wildman–Crippen LogP) is 7.81. The van der Waals surface area contributed by atoms with Crippen molar-refractivity contribution in [1.82, 2.24) is 15.0 Å². The molecule has 5 rings (SSSR count). The van der Waals surface area contributed by atoms with Crippen LogP contribution in [0.1, 0.15) is 95.5 Å². The zero-order valence-corrected chi connectivity index (χ0v) is 29.1. The molecule has 0 aliphatic carbocycles. The number of carbonyl (C=O) groups is 1. The number of hydrogen-bond acceptors (Lipinski definition) is 8. The molecule has 1 atom stereocenters. The second-order valence-electron chi connectivity index (χ2n) is 14.5. The van der Waals surface area contributed by atoms with Crippen LogP contribution in [0, 0.1) is 19.3 Å². The highest BCUT2D eigenvalue weighted by Crippen LogP contribution is 2.45. The summed E-state index contributed by atoms with van der Waals surface area (Å²) >= 11 is 6.09. The molecule has 0 amide bonds. The van der Waals surface area contributed by atoms with E-state index in [1.54, 1.807) is 6.20 Å². The quantitative estimate of drug-likeness (QED) is 0.193. The number of aryl methyl sites for hydroxylation is 2. The first-order chi connectivity index (χ1) is 21.1. The predicted molar refractivity (Wildman–Crippen MR) is 181 cm³/mol. The number of rotatable bonds is 7. The summed E-state index contributed by atoms with van der Waals surface area (Å²) in [5.74, 6) is 0.454. The van der Waals surface area contributed by atoms with Crippen LogP contribution in [0.2, 0.25) is 5.28 Å². The van der Waals surface area contributed by atoms with Gasteiger partial charge in [-0.2, -0.15) is 0 Å². The number of fused-ring (bicyclic) bond motifs is 1. The van der Waals surface area contributed by atoms with Crippen molar-refractivity contribution in [1.29, 1.82) is 0 Å². The van der Waals surface area contributed by atoms with E-state index >= 15 is 0 Å². The largest absolute Gasteiger partial charge is 0.461 e. The first-order valence-electron chi connectivity index (χ1n) is 16.1. The molecule has 3 aromatic rings. The number of benzene rings is 1. The summed E-state index contributed by atoms with van der Waals surface area (Å²) in [4.78, 5) is 32.0. The number of aromatic nitrogens is 3. The topological polar surface area (TPSA) is 80.7 Å². The van der Waals surface area contributed by atoms with Crippen LogP contribution < -0.4 is 9.80 Å². The fourth-order valence-electron chi connectivity index (χ4n) is 6.45. The molecule has 0 radical (unpaired) electrons. The van der Waals surface area contributed by atoms with Crippen LogP contribution in [0.3, 0.4) is 0 Å². The van der Waals surface area contributed by atoms with E-state index in [0.29, 0.717) is 0 Å². The van der Waals surface area contributed by atoms with E-state index in [-0.39, 0.29) is 22.8 Å². The zero-order valence-electron chi connectivity index (χ0n) is 28.3. The normalized spacial score (nSPS) is 17.3. The highest BCUT2D eigenvalue weighted by atomic mass is 35.5. The lowest BCUT2D eigenvalue weighted by Crippen LogP contribution is -2.39. The average Bonchev–Trinajstić information content (AvgIpc) is 2.94. The number of nitrogens with zero attached hydrogens (tertiary/aromatic N) is 5. The maximum atomic E-state index is 13.8. The summed E-state index contributed by atoms with van der Waals surface area (Å²) < 4.78 is 12.4. The van der Waals surface area contributed by atoms with Gasteiger partial charge in [0, 0.05) is 54.9 Å². The Morgan fingerprint density at radius 1 is 0.978 bits per heavy atom. The Morgan fingerprint density at radius 2 is 1.69 bits per heavy atom. The van der Waals surface area contributed by atoms with E-state index in [9.17, 15) is 4.79 Å². The summed E-state index contributed by atoms with van der Waals surface area (Å²) in [5, 5.41) is 0.256. The summed E-state index contributed by atoms with van der Waals surface area (Å²) in [7, 11) is 0. The van der Waals surface area contributed by atoms with E-state index in [1.807, 2.05) is 47.6 Å². The number of halogens is 1. The van der Waals surface area contributed by atoms with Gasteiger partial charge in [-0.1, -0.05) is 32.0 Å². The van der Waals surface area contributed by atoms with Gasteiger partial charge in [0.2, 0.25) is 5.28 Å². The molecule has 0 bridgehead atoms. The Hall–Kier alpha value is -3.23. The van der Waals surface area contributed by atoms with Crippen LogP contribution in [0.25, 0.3) is 11.1 Å². The minimum Gasteiger partial charge on any atom is -0.461 e. The Bertz CT molecular complexity index is 1550. The van der Waals surface area contributed by atoms with Crippen LogP contribution in [0.4, 0.5) is 11.5 Å². The Balaban J connectivity index is 1.64. The maximum Gasteiger partial charge on any atom is 0.340 e. The molecule has 1 aromatic carbocycles. The standard InChI is InChI=1S/C36H48ClN5O3/c1-22(2)44-33(43)32(45-35(5,6)7)30-24(4)39-23(3)29(31(30)41-18-14-36(8,9)15-19-41)26-10-11-27-21-42(17-13-25(27)20-26)28-12-16-38-34(37)40-28/h10-12,16,20,22,32H,13-15,17-19,21H2,1-9H3/t32-/m0/s1. The van der Waals surface area contributed by atoms with Gasteiger partial charge in [-0.15, -0.1) is 0 Å². The molecule has 45 heavy (non-hydrogen) atoms. The minimum atomic E-state index is -0.907. The van der Waals surface area contributed by atoms with Crippen molar-refractivity contribution < 1.29 is 14.3 Å². The van der Waals surface area contributed by atoms with Crippen molar-refractivity contribution in [3.63, 3.8) is 0 Å². The van der Waals surface area contributed by atoms with Gasteiger partial charge >= 0.3 is 5.97 Å². The second kappa shape index (κ2) is 12.9. The lowest BCUT2D eigenvalue weighted by Gasteiger charge is -2.41. The first kappa shape index (κ1) is 33.1. The summed E-state index contributed by atoms with van der Waals surface area (Å²) in [6, 6.07) is 8.63. The van der Waals surface area contributed by atoms with Crippen molar-refractivity contribution in [3.05, 3.63) is 63.8 Å². The third kappa shape index (κ3) is 7.60. The molecule has 0 saturated carbocycles. The smallest absolute Gasteiger partial charge is 0.340 e. The number of pyridine rings is 1. The van der Waals surface area contributed by atoms with E-state index in [4.69, 9.17) is 26.1 Å². The number of piperidine rings is 1. The number of hydrogen-bond donors (Lipinski definition) is 0. The van der Waals surface area contributed by atoms with Gasteiger partial charge in [0.15, 0.2) is 6.10 Å². The van der Waals surface area contributed by atoms with Gasteiger partial charge in [-0.05, 0) is 108 Å². The van der Waals surface area contributed by atoms with E-state index < -0.39 is 11.7 Å². The summed E-state index contributed by atoms with van der Waals surface area (Å²) in [6.45, 7) is 21.8. The van der Waals surface area contributed by atoms with Crippen LogP contribution in [0.15, 0.2) is 30.5 Å². The van der Waals surface area contributed by atoms with Crippen LogP contribution in [-0.4, -0.2) is 52.3 Å². The van der Waals surface area contributed by atoms with Crippen LogP contribution >= 0.6 is 11.6 Å². The van der Waals surface area contributed by atoms with Crippen molar-refractivity contribution in [2.45, 2.75) is 106 Å². The van der Waals surface area contributed by atoms with Gasteiger partial charge in [0.25, 0.3) is 0 Å². The molecule has 1 fully saturated rings. The molecule has 2 aliphatic heterocycles. The summed E-state index contributed by atoms with van der Waals surface area (Å²) in [6.07, 6.45) is 3.51. The van der Waals surface area contributed by atoms with Crippen molar-refractivity contribution in [2.75, 3.05) is 29.4 Å². The molecule has 242 valence electrons. The maximum absolute atomic E-state index is 13.8. The molecule has 8 nitrogen and oxygen atoms in total. The van der Waals surface area contributed by atoms with Gasteiger partial charge in [0.1, 0.15) is 5.82 Å². The van der Waals surface area contributed by atoms with Gasteiger partial charge in [-0.25, -0.2) is 14.8 Å². The average molecular weight is 634 g/mol. The lowest BCUT2D eigenvalue weighted by atomic mass is 9.81. The molecule has 0 unspecified atom stereocenters. The minimum absolute atomic E-state index is 0.256. The van der Waals surface area contributed by atoms with Crippen molar-refractivity contribution in [2.24, 2.45) is 5.41 Å². The van der Waals surface area contributed by atoms with Gasteiger partial charge in [0.05, 0.1) is 17.4 Å². The summed E-state index contributed by atoms with van der Waals surface area (Å²) in [5.41, 5.74) is 7.99. The fourth-order valence-corrected chi connectivity index (χ4v) is 6.59. The zero-order chi connectivity index (χ0) is 32.7. The second-order valence-corrected chi connectivity index (χ2v) is 14.8. The molecule has 1 saturated heterocycles. The highest BCUT2D eigenvalue weighted by Gasteiger charge is 2.38. The molecule has 9 heteroatoms. The van der Waals surface area contributed by atoms with Crippen molar-refractivity contribution in [3.8, 4) is 11.1 Å². The molecule has 0 N–H and O–H groups in total. The van der Waals surface area contributed by atoms with E-state index in [2.05, 4.69) is 58.7 Å². The van der Waals surface area contributed by atoms with Crippen LogP contribution in [0.5, 0.6) is 0 Å². The van der Waals surface area contributed by atoms with Crippen LogP contribution in [-0.2, 0) is 27.2 Å². The fraction of sp³-hybridized carbons (Fsp3) is 0.556. The van der Waals surface area contributed by atoms with Crippen molar-refractivity contribution >= 4 is 29.1 Å². The van der Waals surface area contributed by atoms with E-state index in [1.165, 1.54) is 11.1 Å². The highest BCUT2D eigenvalue weighted by molar-refractivity contribution is 6.28. The molecular formula is C36H48ClN5O3. The third-order valence-electron chi connectivity index (χ3n) is 8.75. The Morgan fingerprint density at radius 3 is 2.33 bits per heavy atom. The Kier molecular flexibility index (Phi) is 9.48. The van der Waals surface area contributed by atoms with E-state index in [0.717, 1.165) is 85.0 Å².